The number of halogens is 1. The molecular weight excluding hydrogens is 302 g/mol. The summed E-state index contributed by atoms with van der Waals surface area (Å²) >= 11 is 3.42. The molecule has 0 atom stereocenters. The van der Waals surface area contributed by atoms with E-state index in [-0.39, 0.29) is 11.3 Å². The number of hydrogen-bond donors (Lipinski definition) is 1. The molecule has 0 spiro atoms. The van der Waals surface area contributed by atoms with Crippen molar-refractivity contribution < 1.29 is 4.79 Å². The Morgan fingerprint density at radius 3 is 2.68 bits per heavy atom. The molecule has 0 aromatic heterocycles. The number of aryl methyl sites for hydroxylation is 1. The highest BCUT2D eigenvalue weighted by Crippen LogP contribution is 2.35. The van der Waals surface area contributed by atoms with Gasteiger partial charge in [-0.1, -0.05) is 48.2 Å². The molecule has 19 heavy (non-hydrogen) atoms. The van der Waals surface area contributed by atoms with Crippen LogP contribution in [0.3, 0.4) is 0 Å². The van der Waals surface area contributed by atoms with Gasteiger partial charge in [-0.15, -0.1) is 0 Å². The Balaban J connectivity index is 1.99. The second-order valence-corrected chi connectivity index (χ2v) is 6.93. The predicted molar refractivity (Wildman–Crippen MR) is 82.4 cm³/mol. The van der Waals surface area contributed by atoms with Gasteiger partial charge in [0.15, 0.2) is 0 Å². The quantitative estimate of drug-likeness (QED) is 0.874. The van der Waals surface area contributed by atoms with E-state index >= 15 is 0 Å². The van der Waals surface area contributed by atoms with E-state index in [1.165, 1.54) is 32.1 Å². The lowest BCUT2D eigenvalue weighted by molar-refractivity contribution is 0.0918. The Kier molecular flexibility index (Phi) is 4.67. The molecule has 2 nitrogen and oxygen atoms in total. The first kappa shape index (κ1) is 14.6. The number of nitrogens with one attached hydrogen (secondary N) is 1. The molecular formula is C16H22BrNO. The molecule has 0 heterocycles. The van der Waals surface area contributed by atoms with Gasteiger partial charge in [0.2, 0.25) is 0 Å². The average molecular weight is 324 g/mol. The third-order valence-corrected chi connectivity index (χ3v) is 4.67. The highest BCUT2D eigenvalue weighted by Gasteiger charge is 2.27. The molecule has 0 unspecified atom stereocenters. The van der Waals surface area contributed by atoms with Crippen molar-refractivity contribution in [2.45, 2.75) is 46.0 Å². The number of carbonyl (C=O) groups excluding carboxylic acids is 1. The predicted octanol–water partition coefficient (Wildman–Crippen LogP) is 4.46. The van der Waals surface area contributed by atoms with Crippen molar-refractivity contribution >= 4 is 21.8 Å². The van der Waals surface area contributed by atoms with Crippen LogP contribution >= 0.6 is 15.9 Å². The van der Waals surface area contributed by atoms with Gasteiger partial charge in [0.05, 0.1) is 0 Å². The maximum atomic E-state index is 12.3. The van der Waals surface area contributed by atoms with Crippen LogP contribution in [0, 0.1) is 12.3 Å². The first-order chi connectivity index (χ1) is 9.00. The lowest BCUT2D eigenvalue weighted by Crippen LogP contribution is -2.37. The van der Waals surface area contributed by atoms with Crippen LogP contribution in [0.25, 0.3) is 0 Å². The lowest BCUT2D eigenvalue weighted by atomic mass is 9.76. The highest BCUT2D eigenvalue weighted by atomic mass is 79.9. The number of benzene rings is 1. The van der Waals surface area contributed by atoms with E-state index < -0.39 is 0 Å². The standard InChI is InChI=1S/C16H22BrNO/c1-12-6-7-13(17)10-14(12)15(19)18-11-16(2)8-4-3-5-9-16/h6-7,10H,3-5,8-9,11H2,1-2H3,(H,18,19). The fourth-order valence-corrected chi connectivity index (χ4v) is 3.17. The van der Waals surface area contributed by atoms with Gasteiger partial charge in [0.1, 0.15) is 0 Å². The Morgan fingerprint density at radius 1 is 1.32 bits per heavy atom. The van der Waals surface area contributed by atoms with Crippen LogP contribution in [0.15, 0.2) is 22.7 Å². The first-order valence-electron chi connectivity index (χ1n) is 7.05. The topological polar surface area (TPSA) is 29.1 Å². The summed E-state index contributed by atoms with van der Waals surface area (Å²) in [5, 5.41) is 3.12. The van der Waals surface area contributed by atoms with Crippen LogP contribution < -0.4 is 5.32 Å². The zero-order chi connectivity index (χ0) is 13.9. The molecule has 104 valence electrons. The van der Waals surface area contributed by atoms with Crippen LogP contribution in [0.5, 0.6) is 0 Å². The summed E-state index contributed by atoms with van der Waals surface area (Å²) in [6.07, 6.45) is 6.38. The van der Waals surface area contributed by atoms with E-state index in [1.807, 2.05) is 25.1 Å². The maximum absolute atomic E-state index is 12.3. The molecule has 3 heteroatoms. The van der Waals surface area contributed by atoms with Gasteiger partial charge in [0, 0.05) is 16.6 Å². The average Bonchev–Trinajstić information content (AvgIpc) is 2.40. The number of hydrogen-bond acceptors (Lipinski definition) is 1. The molecule has 0 saturated heterocycles. The fourth-order valence-electron chi connectivity index (χ4n) is 2.81. The van der Waals surface area contributed by atoms with Gasteiger partial charge in [0.25, 0.3) is 5.91 Å². The smallest absolute Gasteiger partial charge is 0.251 e. The Labute approximate surface area is 124 Å². The van der Waals surface area contributed by atoms with Crippen LogP contribution in [-0.2, 0) is 0 Å². The molecule has 0 bridgehead atoms. The summed E-state index contributed by atoms with van der Waals surface area (Å²) in [6, 6.07) is 5.84. The molecule has 1 aliphatic rings. The number of amides is 1. The number of rotatable bonds is 3. The van der Waals surface area contributed by atoms with Crippen molar-refractivity contribution in [1.29, 1.82) is 0 Å². The summed E-state index contributed by atoms with van der Waals surface area (Å²) in [6.45, 7) is 5.06. The van der Waals surface area contributed by atoms with Crippen molar-refractivity contribution in [2.75, 3.05) is 6.54 Å². The first-order valence-corrected chi connectivity index (χ1v) is 7.84. The van der Waals surface area contributed by atoms with Gasteiger partial charge in [-0.25, -0.2) is 0 Å². The van der Waals surface area contributed by atoms with Gasteiger partial charge in [-0.05, 0) is 42.9 Å². The van der Waals surface area contributed by atoms with Crippen molar-refractivity contribution in [3.63, 3.8) is 0 Å². The molecule has 1 aromatic carbocycles. The summed E-state index contributed by atoms with van der Waals surface area (Å²) in [5.41, 5.74) is 2.08. The van der Waals surface area contributed by atoms with Crippen LogP contribution in [0.2, 0.25) is 0 Å². The lowest BCUT2D eigenvalue weighted by Gasteiger charge is -2.33. The van der Waals surface area contributed by atoms with Crippen LogP contribution in [0.1, 0.15) is 54.9 Å². The van der Waals surface area contributed by atoms with Crippen LogP contribution in [-0.4, -0.2) is 12.5 Å². The minimum Gasteiger partial charge on any atom is -0.351 e. The molecule has 1 aliphatic carbocycles. The maximum Gasteiger partial charge on any atom is 0.251 e. The Bertz CT molecular complexity index is 464. The molecule has 0 radical (unpaired) electrons. The largest absolute Gasteiger partial charge is 0.351 e. The summed E-state index contributed by atoms with van der Waals surface area (Å²) in [5.74, 6) is 0.0469. The summed E-state index contributed by atoms with van der Waals surface area (Å²) in [4.78, 5) is 12.3. The second-order valence-electron chi connectivity index (χ2n) is 6.01. The Hall–Kier alpha value is -0.830. The summed E-state index contributed by atoms with van der Waals surface area (Å²) < 4.78 is 0.951. The minimum absolute atomic E-state index is 0.0469. The van der Waals surface area contributed by atoms with Gasteiger partial charge >= 0.3 is 0 Å². The zero-order valence-electron chi connectivity index (χ0n) is 11.8. The van der Waals surface area contributed by atoms with Crippen molar-refractivity contribution in [3.05, 3.63) is 33.8 Å². The molecule has 1 saturated carbocycles. The van der Waals surface area contributed by atoms with Crippen molar-refractivity contribution in [3.8, 4) is 0 Å². The molecule has 1 aromatic rings. The molecule has 1 N–H and O–H groups in total. The monoisotopic (exact) mass is 323 g/mol. The third kappa shape index (κ3) is 3.82. The molecule has 2 rings (SSSR count). The number of carbonyl (C=O) groups is 1. The van der Waals surface area contributed by atoms with Gasteiger partial charge < -0.3 is 5.32 Å². The summed E-state index contributed by atoms with van der Waals surface area (Å²) in [7, 11) is 0. The molecule has 0 aliphatic heterocycles. The third-order valence-electron chi connectivity index (χ3n) is 4.18. The van der Waals surface area contributed by atoms with E-state index in [9.17, 15) is 4.79 Å². The normalized spacial score (nSPS) is 18.1. The second kappa shape index (κ2) is 6.08. The van der Waals surface area contributed by atoms with E-state index in [0.29, 0.717) is 0 Å². The zero-order valence-corrected chi connectivity index (χ0v) is 13.3. The van der Waals surface area contributed by atoms with Crippen molar-refractivity contribution in [1.82, 2.24) is 5.32 Å². The SMILES string of the molecule is Cc1ccc(Br)cc1C(=O)NCC1(C)CCCCC1. The van der Waals surface area contributed by atoms with E-state index in [1.54, 1.807) is 0 Å². The van der Waals surface area contributed by atoms with E-state index in [2.05, 4.69) is 28.2 Å². The van der Waals surface area contributed by atoms with E-state index in [0.717, 1.165) is 22.1 Å². The van der Waals surface area contributed by atoms with Gasteiger partial charge in [-0.3, -0.25) is 4.79 Å². The minimum atomic E-state index is 0.0469. The Morgan fingerprint density at radius 2 is 2.00 bits per heavy atom. The van der Waals surface area contributed by atoms with Gasteiger partial charge in [-0.2, -0.15) is 0 Å². The fraction of sp³-hybridized carbons (Fsp3) is 0.562. The van der Waals surface area contributed by atoms with E-state index in [4.69, 9.17) is 0 Å². The van der Waals surface area contributed by atoms with Crippen molar-refractivity contribution in [2.24, 2.45) is 5.41 Å². The molecule has 1 amide bonds. The molecule has 1 fully saturated rings. The highest BCUT2D eigenvalue weighted by molar-refractivity contribution is 9.10. The van der Waals surface area contributed by atoms with Crippen LogP contribution in [0.4, 0.5) is 0 Å².